The number of methoxy groups -OCH3 is 1. The van der Waals surface area contributed by atoms with Gasteiger partial charge in [0.05, 0.1) is 25.3 Å². The van der Waals surface area contributed by atoms with Crippen LogP contribution >= 0.6 is 11.3 Å². The van der Waals surface area contributed by atoms with Crippen molar-refractivity contribution >= 4 is 17.2 Å². The van der Waals surface area contributed by atoms with E-state index < -0.39 is 0 Å². The van der Waals surface area contributed by atoms with Crippen LogP contribution in [0.15, 0.2) is 18.2 Å². The molecule has 0 aliphatic carbocycles. The van der Waals surface area contributed by atoms with Crippen molar-refractivity contribution in [3.8, 4) is 11.5 Å². The Bertz CT molecular complexity index is 707. The van der Waals surface area contributed by atoms with Gasteiger partial charge in [0.25, 0.3) is 0 Å². The standard InChI is InChI=1S/C17H20N2O3S/c1-10-11(2)23-16(19-10)8-18-17(20)13-6-12-4-5-14(21-3)7-15(12)22-9-13/h4-5,7,13H,6,8-9H2,1-3H3,(H,18,20). The lowest BCUT2D eigenvalue weighted by molar-refractivity contribution is -0.126. The molecule has 0 spiro atoms. The smallest absolute Gasteiger partial charge is 0.227 e. The molecule has 5 nitrogen and oxygen atoms in total. The van der Waals surface area contributed by atoms with Crippen molar-refractivity contribution in [3.05, 3.63) is 39.3 Å². The zero-order chi connectivity index (χ0) is 16.4. The summed E-state index contributed by atoms with van der Waals surface area (Å²) in [4.78, 5) is 18.0. The molecule has 1 amide bonds. The molecule has 0 saturated heterocycles. The molecule has 23 heavy (non-hydrogen) atoms. The van der Waals surface area contributed by atoms with Crippen molar-refractivity contribution < 1.29 is 14.3 Å². The van der Waals surface area contributed by atoms with E-state index in [0.29, 0.717) is 19.6 Å². The number of fused-ring (bicyclic) bond motifs is 1. The molecule has 122 valence electrons. The Hall–Kier alpha value is -2.08. The molecule has 2 aromatic rings. The largest absolute Gasteiger partial charge is 0.497 e. The monoisotopic (exact) mass is 332 g/mol. The van der Waals surface area contributed by atoms with Gasteiger partial charge in [-0.2, -0.15) is 0 Å². The van der Waals surface area contributed by atoms with Gasteiger partial charge in [-0.25, -0.2) is 4.98 Å². The maximum atomic E-state index is 12.4. The number of amides is 1. The van der Waals surface area contributed by atoms with E-state index in [-0.39, 0.29) is 11.8 Å². The molecule has 2 heterocycles. The van der Waals surface area contributed by atoms with Crippen LogP contribution in [-0.2, 0) is 17.8 Å². The number of carbonyl (C=O) groups is 1. The lowest BCUT2D eigenvalue weighted by Crippen LogP contribution is -2.37. The second kappa shape index (κ2) is 6.58. The van der Waals surface area contributed by atoms with Gasteiger partial charge < -0.3 is 14.8 Å². The topological polar surface area (TPSA) is 60.5 Å². The lowest BCUT2D eigenvalue weighted by atomic mass is 9.96. The minimum Gasteiger partial charge on any atom is -0.497 e. The maximum Gasteiger partial charge on any atom is 0.227 e. The van der Waals surface area contributed by atoms with Crippen LogP contribution in [0.3, 0.4) is 0 Å². The first kappa shape index (κ1) is 15.8. The van der Waals surface area contributed by atoms with Gasteiger partial charge in [0.2, 0.25) is 5.91 Å². The van der Waals surface area contributed by atoms with Gasteiger partial charge in [0.1, 0.15) is 23.1 Å². The third kappa shape index (κ3) is 3.47. The first-order valence-electron chi connectivity index (χ1n) is 7.57. The summed E-state index contributed by atoms with van der Waals surface area (Å²) in [6.45, 7) is 4.89. The summed E-state index contributed by atoms with van der Waals surface area (Å²) in [5.41, 5.74) is 2.07. The molecule has 1 aliphatic heterocycles. The Labute approximate surface area is 139 Å². The molecule has 0 saturated carbocycles. The average molecular weight is 332 g/mol. The summed E-state index contributed by atoms with van der Waals surface area (Å²) in [7, 11) is 1.63. The van der Waals surface area contributed by atoms with Gasteiger partial charge in [-0.05, 0) is 31.9 Å². The van der Waals surface area contributed by atoms with E-state index in [4.69, 9.17) is 9.47 Å². The molecule has 3 rings (SSSR count). The Balaban J connectivity index is 1.60. The van der Waals surface area contributed by atoms with Crippen LogP contribution in [-0.4, -0.2) is 24.6 Å². The molecule has 6 heteroatoms. The van der Waals surface area contributed by atoms with Gasteiger partial charge in [-0.1, -0.05) is 6.07 Å². The minimum absolute atomic E-state index is 0.0111. The average Bonchev–Trinajstić information content (AvgIpc) is 2.89. The number of thiazole rings is 1. The third-order valence-electron chi connectivity index (χ3n) is 4.04. The van der Waals surface area contributed by atoms with E-state index in [2.05, 4.69) is 10.3 Å². The molecule has 1 unspecified atom stereocenters. The highest BCUT2D eigenvalue weighted by atomic mass is 32.1. The van der Waals surface area contributed by atoms with E-state index in [1.807, 2.05) is 32.0 Å². The van der Waals surface area contributed by atoms with Crippen molar-refractivity contribution in [2.24, 2.45) is 5.92 Å². The molecule has 0 bridgehead atoms. The van der Waals surface area contributed by atoms with Crippen LogP contribution < -0.4 is 14.8 Å². The third-order valence-corrected chi connectivity index (χ3v) is 5.11. The van der Waals surface area contributed by atoms with Gasteiger partial charge >= 0.3 is 0 Å². The summed E-state index contributed by atoms with van der Waals surface area (Å²) in [5.74, 6) is 1.41. The van der Waals surface area contributed by atoms with Crippen molar-refractivity contribution in [2.45, 2.75) is 26.8 Å². The predicted octanol–water partition coefficient (Wildman–Crippen LogP) is 2.64. The van der Waals surface area contributed by atoms with E-state index in [1.165, 1.54) is 4.88 Å². The van der Waals surface area contributed by atoms with Crippen molar-refractivity contribution in [1.29, 1.82) is 0 Å². The minimum atomic E-state index is -0.168. The molecule has 0 fully saturated rings. The van der Waals surface area contributed by atoms with E-state index in [1.54, 1.807) is 18.4 Å². The first-order chi connectivity index (χ1) is 11.1. The fraction of sp³-hybridized carbons (Fsp3) is 0.412. The van der Waals surface area contributed by atoms with Crippen LogP contribution in [0.2, 0.25) is 0 Å². The van der Waals surface area contributed by atoms with Gasteiger partial charge in [-0.15, -0.1) is 11.3 Å². The summed E-state index contributed by atoms with van der Waals surface area (Å²) < 4.78 is 10.9. The Morgan fingerprint density at radius 2 is 2.30 bits per heavy atom. The Kier molecular flexibility index (Phi) is 4.52. The fourth-order valence-electron chi connectivity index (χ4n) is 2.57. The Morgan fingerprint density at radius 1 is 1.48 bits per heavy atom. The molecule has 1 atom stereocenters. The number of carbonyl (C=O) groups excluding carboxylic acids is 1. The zero-order valence-electron chi connectivity index (χ0n) is 13.5. The highest BCUT2D eigenvalue weighted by molar-refractivity contribution is 7.11. The van der Waals surface area contributed by atoms with Crippen LogP contribution in [0, 0.1) is 19.8 Å². The second-order valence-corrected chi connectivity index (χ2v) is 6.94. The summed E-state index contributed by atoms with van der Waals surface area (Å²) in [6.07, 6.45) is 0.682. The SMILES string of the molecule is COc1ccc2c(c1)OCC(C(=O)NCc1nc(C)c(C)s1)C2. The van der Waals surface area contributed by atoms with Crippen LogP contribution in [0.5, 0.6) is 11.5 Å². The normalized spacial score (nSPS) is 16.4. The van der Waals surface area contributed by atoms with Gasteiger partial charge in [-0.3, -0.25) is 4.79 Å². The predicted molar refractivity (Wildman–Crippen MR) is 89.1 cm³/mol. The lowest BCUT2D eigenvalue weighted by Gasteiger charge is -2.24. The van der Waals surface area contributed by atoms with Gasteiger partial charge in [0, 0.05) is 10.9 Å². The number of benzene rings is 1. The van der Waals surface area contributed by atoms with Crippen molar-refractivity contribution in [3.63, 3.8) is 0 Å². The molecule has 1 N–H and O–H groups in total. The first-order valence-corrected chi connectivity index (χ1v) is 8.39. The van der Waals surface area contributed by atoms with Crippen LogP contribution in [0.1, 0.15) is 21.1 Å². The number of aromatic nitrogens is 1. The van der Waals surface area contributed by atoms with Crippen LogP contribution in [0.25, 0.3) is 0 Å². The summed E-state index contributed by atoms with van der Waals surface area (Å²) in [6, 6.07) is 5.72. The van der Waals surface area contributed by atoms with E-state index in [0.717, 1.165) is 27.8 Å². The molecule has 1 aliphatic rings. The molecule has 1 aromatic heterocycles. The molecular weight excluding hydrogens is 312 g/mol. The van der Waals surface area contributed by atoms with E-state index in [9.17, 15) is 4.79 Å². The van der Waals surface area contributed by atoms with Gasteiger partial charge in [0.15, 0.2) is 0 Å². The van der Waals surface area contributed by atoms with Crippen molar-refractivity contribution in [2.75, 3.05) is 13.7 Å². The number of ether oxygens (including phenoxy) is 2. The van der Waals surface area contributed by atoms with Crippen LogP contribution in [0.4, 0.5) is 0 Å². The highest BCUT2D eigenvalue weighted by Crippen LogP contribution is 2.31. The molecule has 0 radical (unpaired) electrons. The van der Waals surface area contributed by atoms with E-state index >= 15 is 0 Å². The summed E-state index contributed by atoms with van der Waals surface area (Å²) in [5, 5.41) is 3.91. The highest BCUT2D eigenvalue weighted by Gasteiger charge is 2.26. The second-order valence-electron chi connectivity index (χ2n) is 5.65. The zero-order valence-corrected chi connectivity index (χ0v) is 14.3. The quantitative estimate of drug-likeness (QED) is 0.935. The van der Waals surface area contributed by atoms with Crippen molar-refractivity contribution in [1.82, 2.24) is 10.3 Å². The molecular formula is C17H20N2O3S. The number of rotatable bonds is 4. The maximum absolute atomic E-state index is 12.4. The number of hydrogen-bond acceptors (Lipinski definition) is 5. The number of nitrogens with one attached hydrogen (secondary N) is 1. The summed E-state index contributed by atoms with van der Waals surface area (Å²) >= 11 is 1.62. The number of hydrogen-bond donors (Lipinski definition) is 1. The molecule has 1 aromatic carbocycles. The fourth-order valence-corrected chi connectivity index (χ4v) is 3.44. The number of aryl methyl sites for hydroxylation is 2. The Morgan fingerprint density at radius 3 is 3.00 bits per heavy atom. The number of nitrogens with zero attached hydrogens (tertiary/aromatic N) is 1.